The fourth-order valence-electron chi connectivity index (χ4n) is 1.57. The van der Waals surface area contributed by atoms with Crippen molar-refractivity contribution in [3.05, 3.63) is 28.2 Å². The van der Waals surface area contributed by atoms with Crippen molar-refractivity contribution in [2.24, 2.45) is 0 Å². The Morgan fingerprint density at radius 1 is 1.40 bits per heavy atom. The number of carbonyl (C=O) groups is 1. The standard InChI is InChI=1S/C10H8BrF2NO/c11-8-2-1-7(4-15)9(3-8)14-5-10(12,13)6-14/h1-4H,5-6H2. The summed E-state index contributed by atoms with van der Waals surface area (Å²) < 4.78 is 26.1. The van der Waals surface area contributed by atoms with Crippen LogP contribution in [0.3, 0.4) is 0 Å². The number of anilines is 1. The summed E-state index contributed by atoms with van der Waals surface area (Å²) >= 11 is 3.25. The van der Waals surface area contributed by atoms with Crippen LogP contribution in [0.1, 0.15) is 10.4 Å². The van der Waals surface area contributed by atoms with E-state index in [9.17, 15) is 13.6 Å². The molecular formula is C10H8BrF2NO. The first-order chi connectivity index (χ1) is 7.02. The van der Waals surface area contributed by atoms with Crippen molar-refractivity contribution in [2.75, 3.05) is 18.0 Å². The van der Waals surface area contributed by atoms with Gasteiger partial charge in [-0.3, -0.25) is 4.79 Å². The second kappa shape index (κ2) is 3.56. The molecule has 0 N–H and O–H groups in total. The van der Waals surface area contributed by atoms with Gasteiger partial charge in [0, 0.05) is 15.7 Å². The lowest BCUT2D eigenvalue weighted by Crippen LogP contribution is -2.56. The van der Waals surface area contributed by atoms with Crippen LogP contribution in [0.5, 0.6) is 0 Å². The Labute approximate surface area is 94.0 Å². The molecule has 0 radical (unpaired) electrons. The number of benzene rings is 1. The van der Waals surface area contributed by atoms with Crippen molar-refractivity contribution < 1.29 is 13.6 Å². The minimum absolute atomic E-state index is 0.315. The first kappa shape index (κ1) is 10.5. The first-order valence-corrected chi connectivity index (χ1v) is 5.19. The van der Waals surface area contributed by atoms with Gasteiger partial charge in [0.15, 0.2) is 6.29 Å². The average Bonchev–Trinajstić information content (AvgIpc) is 2.14. The summed E-state index contributed by atoms with van der Waals surface area (Å²) in [5.74, 6) is -2.62. The molecule has 1 aromatic carbocycles. The molecule has 15 heavy (non-hydrogen) atoms. The molecular weight excluding hydrogens is 268 g/mol. The topological polar surface area (TPSA) is 20.3 Å². The summed E-state index contributed by atoms with van der Waals surface area (Å²) in [6.45, 7) is -0.630. The largest absolute Gasteiger partial charge is 0.359 e. The number of carbonyl (C=O) groups excluding carboxylic acids is 1. The van der Waals surface area contributed by atoms with Gasteiger partial charge < -0.3 is 4.90 Å². The molecule has 0 bridgehead atoms. The summed E-state index contributed by atoms with van der Waals surface area (Å²) in [6, 6.07) is 5.01. The van der Waals surface area contributed by atoms with Gasteiger partial charge >= 0.3 is 0 Å². The van der Waals surface area contributed by atoms with Gasteiger partial charge in [0.2, 0.25) is 0 Å². The quantitative estimate of drug-likeness (QED) is 0.774. The van der Waals surface area contributed by atoms with Crippen LogP contribution in [0.2, 0.25) is 0 Å². The molecule has 0 spiro atoms. The number of alkyl halides is 2. The monoisotopic (exact) mass is 275 g/mol. The molecule has 0 amide bonds. The summed E-state index contributed by atoms with van der Waals surface area (Å²) in [5.41, 5.74) is 0.999. The molecule has 1 saturated heterocycles. The molecule has 1 aromatic rings. The van der Waals surface area contributed by atoms with Crippen molar-refractivity contribution in [1.29, 1.82) is 0 Å². The highest BCUT2D eigenvalue weighted by atomic mass is 79.9. The highest BCUT2D eigenvalue weighted by Gasteiger charge is 2.44. The zero-order chi connectivity index (χ0) is 11.1. The molecule has 0 aromatic heterocycles. The van der Waals surface area contributed by atoms with E-state index in [-0.39, 0.29) is 13.1 Å². The Morgan fingerprint density at radius 3 is 2.60 bits per heavy atom. The number of hydrogen-bond acceptors (Lipinski definition) is 2. The first-order valence-electron chi connectivity index (χ1n) is 4.39. The molecule has 1 heterocycles. The van der Waals surface area contributed by atoms with E-state index in [0.29, 0.717) is 17.5 Å². The van der Waals surface area contributed by atoms with Crippen LogP contribution in [0.4, 0.5) is 14.5 Å². The summed E-state index contributed by atoms with van der Waals surface area (Å²) in [7, 11) is 0. The molecule has 5 heteroatoms. The summed E-state index contributed by atoms with van der Waals surface area (Å²) in [5, 5.41) is 0. The Morgan fingerprint density at radius 2 is 2.07 bits per heavy atom. The molecule has 0 saturated carbocycles. The fraction of sp³-hybridized carbons (Fsp3) is 0.300. The van der Waals surface area contributed by atoms with Crippen LogP contribution < -0.4 is 4.90 Å². The highest BCUT2D eigenvalue weighted by molar-refractivity contribution is 9.10. The van der Waals surface area contributed by atoms with Gasteiger partial charge in [0.05, 0.1) is 13.1 Å². The molecule has 1 aliphatic rings. The van der Waals surface area contributed by atoms with Crippen molar-refractivity contribution in [2.45, 2.75) is 5.92 Å². The number of aldehydes is 1. The second-order valence-corrected chi connectivity index (χ2v) is 4.45. The van der Waals surface area contributed by atoms with E-state index >= 15 is 0 Å². The summed E-state index contributed by atoms with van der Waals surface area (Å²) in [6.07, 6.45) is 0.679. The van der Waals surface area contributed by atoms with Crippen molar-refractivity contribution in [1.82, 2.24) is 0 Å². The van der Waals surface area contributed by atoms with Crippen LogP contribution in [0.15, 0.2) is 22.7 Å². The smallest absolute Gasteiger partial charge is 0.282 e. The van der Waals surface area contributed by atoms with Crippen LogP contribution in [-0.4, -0.2) is 25.3 Å². The van der Waals surface area contributed by atoms with Crippen LogP contribution in [-0.2, 0) is 0 Å². The second-order valence-electron chi connectivity index (χ2n) is 3.53. The van der Waals surface area contributed by atoms with Crippen molar-refractivity contribution >= 4 is 27.9 Å². The predicted molar refractivity (Wildman–Crippen MR) is 56.7 cm³/mol. The van der Waals surface area contributed by atoms with E-state index in [2.05, 4.69) is 15.9 Å². The van der Waals surface area contributed by atoms with E-state index in [1.165, 1.54) is 4.90 Å². The lowest BCUT2D eigenvalue weighted by Gasteiger charge is -2.41. The molecule has 0 aliphatic carbocycles. The van der Waals surface area contributed by atoms with Gasteiger partial charge in [-0.15, -0.1) is 0 Å². The maximum Gasteiger partial charge on any atom is 0.282 e. The van der Waals surface area contributed by atoms with Gasteiger partial charge in [0.1, 0.15) is 0 Å². The molecule has 80 valence electrons. The van der Waals surface area contributed by atoms with Crippen LogP contribution >= 0.6 is 15.9 Å². The van der Waals surface area contributed by atoms with Gasteiger partial charge in [-0.2, -0.15) is 0 Å². The van der Waals surface area contributed by atoms with Gasteiger partial charge in [-0.25, -0.2) is 8.78 Å². The zero-order valence-electron chi connectivity index (χ0n) is 7.71. The molecule has 2 rings (SSSR count). The molecule has 2 nitrogen and oxygen atoms in total. The van der Waals surface area contributed by atoms with E-state index in [4.69, 9.17) is 0 Å². The third-order valence-electron chi connectivity index (χ3n) is 2.30. The molecule has 0 unspecified atom stereocenters. The molecule has 0 atom stereocenters. The molecule has 1 aliphatic heterocycles. The third-order valence-corrected chi connectivity index (χ3v) is 2.80. The Balaban J connectivity index is 2.28. The third kappa shape index (κ3) is 2.02. The lowest BCUT2D eigenvalue weighted by atomic mass is 10.1. The van der Waals surface area contributed by atoms with E-state index < -0.39 is 5.92 Å². The SMILES string of the molecule is O=Cc1ccc(Br)cc1N1CC(F)(F)C1. The Bertz CT molecular complexity index is 400. The van der Waals surface area contributed by atoms with Gasteiger partial charge in [0.25, 0.3) is 5.92 Å². The minimum Gasteiger partial charge on any atom is -0.359 e. The normalized spacial score (nSPS) is 18.5. The number of halogens is 3. The number of nitrogens with zero attached hydrogens (tertiary/aromatic N) is 1. The maximum absolute atomic E-state index is 12.7. The molecule has 1 fully saturated rings. The van der Waals surface area contributed by atoms with Crippen LogP contribution in [0, 0.1) is 0 Å². The van der Waals surface area contributed by atoms with Gasteiger partial charge in [-0.1, -0.05) is 15.9 Å². The van der Waals surface area contributed by atoms with Gasteiger partial charge in [-0.05, 0) is 18.2 Å². The predicted octanol–water partition coefficient (Wildman–Crippen LogP) is 2.72. The minimum atomic E-state index is -2.62. The Kier molecular flexibility index (Phi) is 2.50. The van der Waals surface area contributed by atoms with E-state index in [0.717, 1.165) is 4.47 Å². The average molecular weight is 276 g/mol. The Hall–Kier alpha value is -0.970. The fourth-order valence-corrected chi connectivity index (χ4v) is 1.92. The highest BCUT2D eigenvalue weighted by Crippen LogP contribution is 2.34. The van der Waals surface area contributed by atoms with Crippen molar-refractivity contribution in [3.63, 3.8) is 0 Å². The lowest BCUT2D eigenvalue weighted by molar-refractivity contribution is -0.0263. The van der Waals surface area contributed by atoms with E-state index in [1.54, 1.807) is 18.2 Å². The summed E-state index contributed by atoms with van der Waals surface area (Å²) in [4.78, 5) is 12.2. The van der Waals surface area contributed by atoms with E-state index in [1.807, 2.05) is 0 Å². The van der Waals surface area contributed by atoms with Crippen LogP contribution in [0.25, 0.3) is 0 Å². The maximum atomic E-state index is 12.7. The zero-order valence-corrected chi connectivity index (χ0v) is 9.30. The number of rotatable bonds is 2. The van der Waals surface area contributed by atoms with Crippen molar-refractivity contribution in [3.8, 4) is 0 Å². The number of hydrogen-bond donors (Lipinski definition) is 0.